The van der Waals surface area contributed by atoms with Crippen LogP contribution in [0.1, 0.15) is 28.7 Å². The molecule has 0 amide bonds. The van der Waals surface area contributed by atoms with E-state index < -0.39 is 5.92 Å². The summed E-state index contributed by atoms with van der Waals surface area (Å²) in [5.74, 6) is 1.66. The molecule has 4 aromatic carbocycles. The number of carbonyl (C=O) groups is 1. The van der Waals surface area contributed by atoms with E-state index in [9.17, 15) is 4.79 Å². The van der Waals surface area contributed by atoms with Gasteiger partial charge in [-0.05, 0) is 77.4 Å². The first-order valence-electron chi connectivity index (χ1n) is 14.7. The molecule has 0 radical (unpaired) electrons. The fourth-order valence-electron chi connectivity index (χ4n) is 6.91. The number of hydrogen-bond donors (Lipinski definition) is 1. The highest BCUT2D eigenvalue weighted by atomic mass is 32.1. The fraction of sp³-hybridized carbons (Fsp3) is 0.257. The Balaban J connectivity index is 1.21. The standard InChI is InChI=1S/C35H30N2O7S/c1-39-27-12-19(13-28(40-2)33(27)41-3)30-21-14-25-26(44-17-43-25)15-22(21)32(23-16-42-35(38)31(23)30)36-20-10-8-18(9-11-20)34-37-24-6-4-5-7-29(24)45-34/h4-15,23,30-32,36H,16-17H2,1-3H3/t23-,30+,31-,32+/m0/s1. The van der Waals surface area contributed by atoms with Crippen LogP contribution in [0.4, 0.5) is 5.69 Å². The van der Waals surface area contributed by atoms with E-state index in [0.717, 1.165) is 43.2 Å². The normalized spacial score (nSPS) is 21.2. The molecule has 0 spiro atoms. The van der Waals surface area contributed by atoms with E-state index in [-0.39, 0.29) is 30.6 Å². The average Bonchev–Trinajstić information content (AvgIpc) is 3.82. The van der Waals surface area contributed by atoms with E-state index in [2.05, 4.69) is 35.6 Å². The maximum atomic E-state index is 13.5. The van der Waals surface area contributed by atoms with Crippen LogP contribution in [0.15, 0.2) is 72.8 Å². The maximum Gasteiger partial charge on any atom is 0.310 e. The number of para-hydroxylation sites is 1. The van der Waals surface area contributed by atoms with Crippen LogP contribution in [0.25, 0.3) is 20.8 Å². The van der Waals surface area contributed by atoms with Gasteiger partial charge in [0, 0.05) is 23.1 Å². The van der Waals surface area contributed by atoms with Crippen molar-refractivity contribution in [2.24, 2.45) is 11.8 Å². The van der Waals surface area contributed by atoms with Crippen molar-refractivity contribution < 1.29 is 33.2 Å². The van der Waals surface area contributed by atoms with Gasteiger partial charge in [0.25, 0.3) is 0 Å². The second kappa shape index (κ2) is 10.9. The van der Waals surface area contributed by atoms with Gasteiger partial charge in [0.1, 0.15) is 5.01 Å². The van der Waals surface area contributed by atoms with Crippen molar-refractivity contribution in [3.8, 4) is 39.3 Å². The number of fused-ring (bicyclic) bond motifs is 4. The van der Waals surface area contributed by atoms with Gasteiger partial charge in [-0.1, -0.05) is 12.1 Å². The first-order chi connectivity index (χ1) is 22.1. The summed E-state index contributed by atoms with van der Waals surface area (Å²) in [4.78, 5) is 18.4. The summed E-state index contributed by atoms with van der Waals surface area (Å²) in [7, 11) is 4.74. The fourth-order valence-corrected chi connectivity index (χ4v) is 7.88. The number of methoxy groups -OCH3 is 3. The minimum atomic E-state index is -0.458. The summed E-state index contributed by atoms with van der Waals surface area (Å²) in [6.45, 7) is 0.438. The molecule has 3 heterocycles. The van der Waals surface area contributed by atoms with E-state index in [4.69, 9.17) is 33.4 Å². The number of aromatic nitrogens is 1. The van der Waals surface area contributed by atoms with Crippen molar-refractivity contribution >= 4 is 33.2 Å². The maximum absolute atomic E-state index is 13.5. The molecule has 8 rings (SSSR count). The Morgan fingerprint density at radius 1 is 0.844 bits per heavy atom. The number of cyclic esters (lactones) is 1. The molecule has 9 nitrogen and oxygen atoms in total. The van der Waals surface area contributed by atoms with Gasteiger partial charge in [0.05, 0.1) is 50.1 Å². The Bertz CT molecular complexity index is 1880. The molecular formula is C35H30N2O7S. The van der Waals surface area contributed by atoms with Crippen LogP contribution in [0.5, 0.6) is 28.7 Å². The van der Waals surface area contributed by atoms with Crippen LogP contribution in [-0.4, -0.2) is 45.7 Å². The van der Waals surface area contributed by atoms with Crippen LogP contribution in [-0.2, 0) is 9.53 Å². The lowest BCUT2D eigenvalue weighted by atomic mass is 9.65. The molecule has 5 aromatic rings. The lowest BCUT2D eigenvalue weighted by Gasteiger charge is -2.40. The summed E-state index contributed by atoms with van der Waals surface area (Å²) in [5.41, 5.74) is 5.81. The van der Waals surface area contributed by atoms with Gasteiger partial charge in [0.15, 0.2) is 23.0 Å². The van der Waals surface area contributed by atoms with Gasteiger partial charge in [-0.3, -0.25) is 4.79 Å². The highest BCUT2D eigenvalue weighted by Gasteiger charge is 2.52. The van der Waals surface area contributed by atoms with E-state index >= 15 is 0 Å². The van der Waals surface area contributed by atoms with Gasteiger partial charge in [-0.2, -0.15) is 0 Å². The second-order valence-electron chi connectivity index (χ2n) is 11.3. The quantitative estimate of drug-likeness (QED) is 0.197. The summed E-state index contributed by atoms with van der Waals surface area (Å²) < 4.78 is 35.5. The van der Waals surface area contributed by atoms with Crippen LogP contribution in [0, 0.1) is 11.8 Å². The Kier molecular flexibility index (Phi) is 6.67. The number of nitrogens with one attached hydrogen (secondary N) is 1. The predicted octanol–water partition coefficient (Wildman–Crippen LogP) is 6.81. The molecule has 228 valence electrons. The molecule has 1 fully saturated rings. The number of thiazole rings is 1. The lowest BCUT2D eigenvalue weighted by molar-refractivity contribution is -0.141. The zero-order valence-corrected chi connectivity index (χ0v) is 25.7. The molecule has 1 aromatic heterocycles. The summed E-state index contributed by atoms with van der Waals surface area (Å²) in [6, 6.07) is 24.1. The van der Waals surface area contributed by atoms with Gasteiger partial charge < -0.3 is 33.7 Å². The summed E-state index contributed by atoms with van der Waals surface area (Å²) >= 11 is 1.68. The number of carbonyl (C=O) groups excluding carboxylic acids is 1. The molecule has 10 heteroatoms. The van der Waals surface area contributed by atoms with Crippen molar-refractivity contribution in [2.75, 3.05) is 40.0 Å². The molecule has 1 saturated heterocycles. The molecule has 0 unspecified atom stereocenters. The third-order valence-electron chi connectivity index (χ3n) is 8.98. The highest BCUT2D eigenvalue weighted by Crippen LogP contribution is 2.56. The third-order valence-corrected chi connectivity index (χ3v) is 10.1. The number of anilines is 1. The van der Waals surface area contributed by atoms with Crippen molar-refractivity contribution in [3.05, 3.63) is 89.5 Å². The predicted molar refractivity (Wildman–Crippen MR) is 170 cm³/mol. The SMILES string of the molecule is COc1cc([C@@H]2c3cc4c(cc3[C@@H](Nc3ccc(-c5nc6ccccc6s5)cc3)[C@H]3COC(=O)[C@H]23)OCO4)cc(OC)c1OC. The molecule has 1 N–H and O–H groups in total. The van der Waals surface area contributed by atoms with Crippen molar-refractivity contribution in [2.45, 2.75) is 12.0 Å². The van der Waals surface area contributed by atoms with E-state index in [1.54, 1.807) is 32.7 Å². The molecule has 4 atom stereocenters. The largest absolute Gasteiger partial charge is 0.493 e. The minimum Gasteiger partial charge on any atom is -0.493 e. The molecule has 2 aliphatic heterocycles. The minimum absolute atomic E-state index is 0.146. The third kappa shape index (κ3) is 4.50. The molecule has 45 heavy (non-hydrogen) atoms. The number of benzene rings is 4. The smallest absolute Gasteiger partial charge is 0.310 e. The number of rotatable bonds is 7. The first-order valence-corrected chi connectivity index (χ1v) is 15.5. The topological polar surface area (TPSA) is 97.4 Å². The van der Waals surface area contributed by atoms with Gasteiger partial charge in [0.2, 0.25) is 12.5 Å². The zero-order chi connectivity index (χ0) is 30.7. The van der Waals surface area contributed by atoms with E-state index in [1.807, 2.05) is 42.5 Å². The molecule has 1 aliphatic carbocycles. The van der Waals surface area contributed by atoms with Crippen LogP contribution < -0.4 is 29.0 Å². The Labute approximate surface area is 263 Å². The average molecular weight is 623 g/mol. The number of nitrogens with zero attached hydrogens (tertiary/aromatic N) is 1. The van der Waals surface area contributed by atoms with Crippen LogP contribution >= 0.6 is 11.3 Å². The van der Waals surface area contributed by atoms with Crippen molar-refractivity contribution in [1.82, 2.24) is 4.98 Å². The Morgan fingerprint density at radius 3 is 2.24 bits per heavy atom. The number of esters is 1. The molecule has 0 bridgehead atoms. The van der Waals surface area contributed by atoms with E-state index in [1.165, 1.54) is 0 Å². The summed E-state index contributed by atoms with van der Waals surface area (Å²) in [5, 5.41) is 4.72. The zero-order valence-electron chi connectivity index (χ0n) is 24.9. The van der Waals surface area contributed by atoms with Gasteiger partial charge in [-0.25, -0.2) is 4.98 Å². The first kappa shape index (κ1) is 27.6. The van der Waals surface area contributed by atoms with Crippen molar-refractivity contribution in [1.29, 1.82) is 0 Å². The Hall–Kier alpha value is -4.96. The Morgan fingerprint density at radius 2 is 1.56 bits per heavy atom. The van der Waals surface area contributed by atoms with E-state index in [0.29, 0.717) is 35.4 Å². The monoisotopic (exact) mass is 622 g/mol. The summed E-state index contributed by atoms with van der Waals surface area (Å²) in [6.07, 6.45) is 0. The van der Waals surface area contributed by atoms with Gasteiger partial charge >= 0.3 is 5.97 Å². The van der Waals surface area contributed by atoms with Crippen LogP contribution in [0.3, 0.4) is 0 Å². The molecule has 3 aliphatic rings. The highest BCUT2D eigenvalue weighted by molar-refractivity contribution is 7.21. The van der Waals surface area contributed by atoms with Crippen molar-refractivity contribution in [3.63, 3.8) is 0 Å². The van der Waals surface area contributed by atoms with Gasteiger partial charge in [-0.15, -0.1) is 11.3 Å². The number of hydrogen-bond acceptors (Lipinski definition) is 10. The lowest BCUT2D eigenvalue weighted by Crippen LogP contribution is -2.37. The van der Waals surface area contributed by atoms with Crippen LogP contribution in [0.2, 0.25) is 0 Å². The molecular weight excluding hydrogens is 592 g/mol. The number of ether oxygens (including phenoxy) is 6. The molecule has 0 saturated carbocycles. The second-order valence-corrected chi connectivity index (χ2v) is 12.3.